The third kappa shape index (κ3) is 52.0. The van der Waals surface area contributed by atoms with E-state index in [-0.39, 0.29) is 25.2 Å². The summed E-state index contributed by atoms with van der Waals surface area (Å²) >= 11 is 0. The highest BCUT2D eigenvalue weighted by molar-refractivity contribution is 5.70. The second kappa shape index (κ2) is 54.7. The van der Waals surface area contributed by atoms with Crippen molar-refractivity contribution < 1.29 is 24.2 Å². The Kier molecular flexibility index (Phi) is 52.4. The van der Waals surface area contributed by atoms with Gasteiger partial charge in [0.25, 0.3) is 0 Å². The zero-order valence-electron chi connectivity index (χ0n) is 42.3. The van der Waals surface area contributed by atoms with E-state index in [0.717, 1.165) is 83.5 Å². The van der Waals surface area contributed by atoms with E-state index in [4.69, 9.17) is 9.47 Å². The predicted molar refractivity (Wildman–Crippen MR) is 279 cm³/mol. The number of esters is 2. The summed E-state index contributed by atoms with van der Waals surface area (Å²) in [5, 5.41) is 9.64. The summed E-state index contributed by atoms with van der Waals surface area (Å²) < 4.78 is 10.7. The standard InChI is InChI=1S/C59H104O5/c1-3-5-7-9-11-13-15-17-19-21-23-25-27-29-31-33-35-37-39-41-43-45-47-49-51-53-58(61)63-56-57(55-60)64-59(62)54-52-50-48-46-44-42-40-38-36-34-32-30-28-26-24-22-20-18-16-14-12-10-8-6-4-2/h6,8,12,14,18,20,24,26,30,32,36,38,57,60H,3-5,7,9-11,13,15-17,19,21-23,25,27-29,31,33-35,37,39-56H2,1-2H3/b8-6-,14-12-,20-18-,26-24-,32-30-,38-36-. The molecule has 0 heterocycles. The van der Waals surface area contributed by atoms with Crippen LogP contribution in [0, 0.1) is 0 Å². The van der Waals surface area contributed by atoms with Crippen LogP contribution in [-0.4, -0.2) is 36.4 Å². The van der Waals surface area contributed by atoms with Crippen LogP contribution in [0.15, 0.2) is 72.9 Å². The molecule has 0 rings (SSSR count). The third-order valence-electron chi connectivity index (χ3n) is 12.0. The Bertz CT molecular complexity index is 1150. The first-order valence-electron chi connectivity index (χ1n) is 27.5. The van der Waals surface area contributed by atoms with Gasteiger partial charge in [-0.05, 0) is 64.2 Å². The fourth-order valence-electron chi connectivity index (χ4n) is 7.91. The van der Waals surface area contributed by atoms with Crippen LogP contribution in [0.2, 0.25) is 0 Å². The molecular weight excluding hydrogens is 789 g/mol. The van der Waals surface area contributed by atoms with Crippen LogP contribution < -0.4 is 0 Å². The van der Waals surface area contributed by atoms with Gasteiger partial charge in [-0.25, -0.2) is 0 Å². The van der Waals surface area contributed by atoms with Gasteiger partial charge in [0.15, 0.2) is 6.10 Å². The first kappa shape index (κ1) is 61.3. The van der Waals surface area contributed by atoms with Crippen molar-refractivity contribution in [3.05, 3.63) is 72.9 Å². The van der Waals surface area contributed by atoms with Gasteiger partial charge in [-0.2, -0.15) is 0 Å². The van der Waals surface area contributed by atoms with Crippen molar-refractivity contribution in [2.45, 2.75) is 277 Å². The van der Waals surface area contributed by atoms with E-state index in [9.17, 15) is 14.7 Å². The number of rotatable bonds is 50. The van der Waals surface area contributed by atoms with Gasteiger partial charge >= 0.3 is 11.9 Å². The van der Waals surface area contributed by atoms with Gasteiger partial charge in [-0.3, -0.25) is 9.59 Å². The van der Waals surface area contributed by atoms with Gasteiger partial charge in [0.2, 0.25) is 0 Å². The fraction of sp³-hybridized carbons (Fsp3) is 0.763. The number of unbranched alkanes of at least 4 members (excludes halogenated alkanes) is 30. The zero-order chi connectivity index (χ0) is 46.3. The molecule has 0 amide bonds. The van der Waals surface area contributed by atoms with Gasteiger partial charge in [-0.15, -0.1) is 0 Å². The summed E-state index contributed by atoms with van der Waals surface area (Å²) in [4.78, 5) is 24.5. The maximum atomic E-state index is 12.3. The van der Waals surface area contributed by atoms with E-state index in [2.05, 4.69) is 86.8 Å². The van der Waals surface area contributed by atoms with Crippen LogP contribution in [0.4, 0.5) is 0 Å². The summed E-state index contributed by atoms with van der Waals surface area (Å²) in [6.45, 7) is 4.04. The second-order valence-corrected chi connectivity index (χ2v) is 18.3. The molecule has 64 heavy (non-hydrogen) atoms. The molecule has 1 unspecified atom stereocenters. The van der Waals surface area contributed by atoms with Crippen molar-refractivity contribution in [2.24, 2.45) is 0 Å². The SMILES string of the molecule is CC/C=C\C/C=C\C/C=C\C/C=C\C/C=C\C/C=C\CCCCCCCCC(=O)OC(CO)COC(=O)CCCCCCCCCCCCCCCCCCCCCCCCCCC. The van der Waals surface area contributed by atoms with Gasteiger partial charge in [-0.1, -0.05) is 267 Å². The lowest BCUT2D eigenvalue weighted by molar-refractivity contribution is -0.161. The maximum absolute atomic E-state index is 12.3. The normalized spacial score (nSPS) is 12.7. The van der Waals surface area contributed by atoms with Crippen LogP contribution in [0.5, 0.6) is 0 Å². The molecule has 0 saturated heterocycles. The summed E-state index contributed by atoms with van der Waals surface area (Å²) in [5.41, 5.74) is 0. The largest absolute Gasteiger partial charge is 0.462 e. The Morgan fingerprint density at radius 3 is 1.02 bits per heavy atom. The number of carbonyl (C=O) groups is 2. The Balaban J connectivity index is 3.52. The molecule has 0 radical (unpaired) electrons. The minimum Gasteiger partial charge on any atom is -0.462 e. The molecule has 0 aromatic carbocycles. The Hall–Kier alpha value is -2.66. The third-order valence-corrected chi connectivity index (χ3v) is 12.0. The van der Waals surface area contributed by atoms with Crippen LogP contribution in [0.1, 0.15) is 271 Å². The van der Waals surface area contributed by atoms with Crippen molar-refractivity contribution in [3.63, 3.8) is 0 Å². The molecule has 0 spiro atoms. The van der Waals surface area contributed by atoms with Crippen LogP contribution >= 0.6 is 0 Å². The van der Waals surface area contributed by atoms with Crippen molar-refractivity contribution in [2.75, 3.05) is 13.2 Å². The summed E-state index contributed by atoms with van der Waals surface area (Å²) in [6.07, 6.45) is 74.4. The molecular formula is C59H104O5. The maximum Gasteiger partial charge on any atom is 0.306 e. The van der Waals surface area contributed by atoms with Gasteiger partial charge in [0.05, 0.1) is 6.61 Å². The van der Waals surface area contributed by atoms with E-state index in [1.807, 2.05) is 0 Å². The molecule has 1 N–H and O–H groups in total. The van der Waals surface area contributed by atoms with E-state index in [0.29, 0.717) is 12.8 Å². The van der Waals surface area contributed by atoms with Crippen LogP contribution in [0.3, 0.4) is 0 Å². The number of hydrogen-bond donors (Lipinski definition) is 1. The van der Waals surface area contributed by atoms with Gasteiger partial charge < -0.3 is 14.6 Å². The van der Waals surface area contributed by atoms with Gasteiger partial charge in [0, 0.05) is 12.8 Å². The molecule has 0 aliphatic carbocycles. The van der Waals surface area contributed by atoms with Gasteiger partial charge in [0.1, 0.15) is 6.61 Å². The smallest absolute Gasteiger partial charge is 0.306 e. The molecule has 0 aliphatic heterocycles. The summed E-state index contributed by atoms with van der Waals surface area (Å²) in [7, 11) is 0. The van der Waals surface area contributed by atoms with Crippen molar-refractivity contribution in [1.82, 2.24) is 0 Å². The first-order valence-corrected chi connectivity index (χ1v) is 27.5. The zero-order valence-corrected chi connectivity index (χ0v) is 42.3. The molecule has 370 valence electrons. The number of aliphatic hydroxyl groups excluding tert-OH is 1. The average Bonchev–Trinajstić information content (AvgIpc) is 3.30. The first-order chi connectivity index (χ1) is 31.6. The van der Waals surface area contributed by atoms with Crippen LogP contribution in [-0.2, 0) is 19.1 Å². The highest BCUT2D eigenvalue weighted by atomic mass is 16.6. The molecule has 0 fully saturated rings. The molecule has 5 heteroatoms. The Labute approximate surface area is 397 Å². The van der Waals surface area contributed by atoms with Crippen molar-refractivity contribution in [1.29, 1.82) is 0 Å². The number of aliphatic hydroxyl groups is 1. The number of carbonyl (C=O) groups excluding carboxylic acids is 2. The molecule has 0 saturated carbocycles. The quantitative estimate of drug-likeness (QED) is 0.0374. The highest BCUT2D eigenvalue weighted by Crippen LogP contribution is 2.17. The fourth-order valence-corrected chi connectivity index (χ4v) is 7.91. The molecule has 0 aliphatic rings. The minimum absolute atomic E-state index is 0.0721. The second-order valence-electron chi connectivity index (χ2n) is 18.3. The lowest BCUT2D eigenvalue weighted by atomic mass is 10.0. The highest BCUT2D eigenvalue weighted by Gasteiger charge is 2.16. The number of hydrogen-bond acceptors (Lipinski definition) is 5. The molecule has 0 aromatic heterocycles. The van der Waals surface area contributed by atoms with Crippen molar-refractivity contribution >= 4 is 11.9 Å². The molecule has 1 atom stereocenters. The topological polar surface area (TPSA) is 72.8 Å². The monoisotopic (exact) mass is 893 g/mol. The lowest BCUT2D eigenvalue weighted by Crippen LogP contribution is -2.28. The molecule has 5 nitrogen and oxygen atoms in total. The molecule has 0 aromatic rings. The number of allylic oxidation sites excluding steroid dienone is 12. The van der Waals surface area contributed by atoms with Crippen molar-refractivity contribution in [3.8, 4) is 0 Å². The summed E-state index contributed by atoms with van der Waals surface area (Å²) in [6, 6.07) is 0. The van der Waals surface area contributed by atoms with E-state index < -0.39 is 6.10 Å². The van der Waals surface area contributed by atoms with E-state index in [1.165, 1.54) is 161 Å². The Morgan fingerprint density at radius 2 is 0.672 bits per heavy atom. The van der Waals surface area contributed by atoms with E-state index >= 15 is 0 Å². The van der Waals surface area contributed by atoms with Crippen LogP contribution in [0.25, 0.3) is 0 Å². The lowest BCUT2D eigenvalue weighted by Gasteiger charge is -2.15. The summed E-state index contributed by atoms with van der Waals surface area (Å²) in [5.74, 6) is -0.600. The van der Waals surface area contributed by atoms with E-state index in [1.54, 1.807) is 0 Å². The molecule has 0 bridgehead atoms. The predicted octanol–water partition coefficient (Wildman–Crippen LogP) is 18.4. The minimum atomic E-state index is -0.783. The Morgan fingerprint density at radius 1 is 0.375 bits per heavy atom. The number of ether oxygens (including phenoxy) is 2. The average molecular weight is 893 g/mol.